The quantitative estimate of drug-likeness (QED) is 0.164. The van der Waals surface area contributed by atoms with Crippen LogP contribution in [0.2, 0.25) is 0 Å². The van der Waals surface area contributed by atoms with Gasteiger partial charge in [-0.05, 0) is 79.9 Å². The lowest BCUT2D eigenvalue weighted by atomic mass is 9.82. The van der Waals surface area contributed by atoms with Gasteiger partial charge in [0.05, 0.1) is 18.0 Å². The molecule has 3 nitrogen and oxygen atoms in total. The molecule has 0 saturated carbocycles. The van der Waals surface area contributed by atoms with E-state index in [4.69, 9.17) is 16.5 Å². The lowest BCUT2D eigenvalue weighted by molar-refractivity contribution is 0.660. The number of benzene rings is 7. The first-order chi connectivity index (χ1) is 26.0. The Balaban J connectivity index is 1.09. The SMILES string of the molecule is [C-]#[N+]c1cccc2c1-c1cc(-c3cccc(-c4cccc(-c5cc(-c6ccccc6)nc(-c6ccc(-c7ccccc7)cc6)n5)c4)c3)ccc1C2(C)C. The van der Waals surface area contributed by atoms with Crippen molar-refractivity contribution in [3.8, 4) is 78.4 Å². The molecule has 250 valence electrons. The first-order valence-corrected chi connectivity index (χ1v) is 17.9. The highest BCUT2D eigenvalue weighted by Crippen LogP contribution is 2.53. The Bertz CT molecular complexity index is 2690. The molecule has 0 N–H and O–H groups in total. The maximum absolute atomic E-state index is 7.87. The average molecular weight is 678 g/mol. The minimum Gasteiger partial charge on any atom is -0.238 e. The van der Waals surface area contributed by atoms with Crippen LogP contribution in [-0.4, -0.2) is 9.97 Å². The van der Waals surface area contributed by atoms with Crippen molar-refractivity contribution in [1.82, 2.24) is 9.97 Å². The lowest BCUT2D eigenvalue weighted by Crippen LogP contribution is -2.14. The Labute approximate surface area is 310 Å². The van der Waals surface area contributed by atoms with Crippen LogP contribution in [0.5, 0.6) is 0 Å². The molecule has 0 fully saturated rings. The molecule has 0 saturated heterocycles. The van der Waals surface area contributed by atoms with E-state index in [9.17, 15) is 0 Å². The van der Waals surface area contributed by atoms with Crippen molar-refractivity contribution < 1.29 is 0 Å². The van der Waals surface area contributed by atoms with Crippen molar-refractivity contribution in [1.29, 1.82) is 0 Å². The van der Waals surface area contributed by atoms with Crippen LogP contribution in [0.25, 0.3) is 83.3 Å². The van der Waals surface area contributed by atoms with Crippen molar-refractivity contribution in [2.24, 2.45) is 0 Å². The minimum absolute atomic E-state index is 0.154. The molecule has 1 aliphatic carbocycles. The van der Waals surface area contributed by atoms with E-state index in [1.165, 1.54) is 16.7 Å². The molecule has 0 amide bonds. The molecule has 0 atom stereocenters. The zero-order valence-corrected chi connectivity index (χ0v) is 29.6. The van der Waals surface area contributed by atoms with Crippen LogP contribution in [0, 0.1) is 6.57 Å². The van der Waals surface area contributed by atoms with Gasteiger partial charge in [0.25, 0.3) is 0 Å². The minimum atomic E-state index is -0.154. The van der Waals surface area contributed by atoms with Crippen LogP contribution in [0.15, 0.2) is 176 Å². The van der Waals surface area contributed by atoms with E-state index < -0.39 is 0 Å². The molecule has 7 aromatic carbocycles. The molecule has 0 spiro atoms. The second-order valence-electron chi connectivity index (χ2n) is 14.1. The van der Waals surface area contributed by atoms with Gasteiger partial charge < -0.3 is 0 Å². The molecule has 1 heterocycles. The van der Waals surface area contributed by atoms with E-state index in [1.807, 2.05) is 36.4 Å². The van der Waals surface area contributed by atoms with E-state index in [0.717, 1.165) is 67.0 Å². The normalized spacial score (nSPS) is 12.5. The van der Waals surface area contributed by atoms with Gasteiger partial charge in [-0.3, -0.25) is 0 Å². The number of hydrogen-bond acceptors (Lipinski definition) is 2. The predicted molar refractivity (Wildman–Crippen MR) is 218 cm³/mol. The summed E-state index contributed by atoms with van der Waals surface area (Å²) in [5.74, 6) is 0.691. The summed E-state index contributed by atoms with van der Waals surface area (Å²) < 4.78 is 0. The van der Waals surface area contributed by atoms with E-state index in [0.29, 0.717) is 11.5 Å². The maximum Gasteiger partial charge on any atom is 0.195 e. The van der Waals surface area contributed by atoms with Crippen molar-refractivity contribution >= 4 is 5.69 Å². The van der Waals surface area contributed by atoms with Gasteiger partial charge in [0.1, 0.15) is 0 Å². The first kappa shape index (κ1) is 32.0. The predicted octanol–water partition coefficient (Wildman–Crippen LogP) is 13.3. The molecule has 9 rings (SSSR count). The summed E-state index contributed by atoms with van der Waals surface area (Å²) in [4.78, 5) is 14.1. The number of aromatic nitrogens is 2. The first-order valence-electron chi connectivity index (χ1n) is 17.9. The van der Waals surface area contributed by atoms with E-state index in [-0.39, 0.29) is 5.41 Å². The zero-order chi connectivity index (χ0) is 35.9. The van der Waals surface area contributed by atoms with Gasteiger partial charge in [-0.2, -0.15) is 0 Å². The number of rotatable bonds is 6. The van der Waals surface area contributed by atoms with Crippen LogP contribution in [0.4, 0.5) is 5.69 Å². The average Bonchev–Trinajstić information content (AvgIpc) is 3.47. The summed E-state index contributed by atoms with van der Waals surface area (Å²) in [5, 5.41) is 0. The van der Waals surface area contributed by atoms with Crippen LogP contribution >= 0.6 is 0 Å². The third-order valence-corrected chi connectivity index (χ3v) is 10.5. The second kappa shape index (κ2) is 13.0. The van der Waals surface area contributed by atoms with Gasteiger partial charge >= 0.3 is 0 Å². The van der Waals surface area contributed by atoms with Crippen LogP contribution < -0.4 is 0 Å². The molecular weight excluding hydrogens is 643 g/mol. The van der Waals surface area contributed by atoms with Crippen molar-refractivity contribution in [3.63, 3.8) is 0 Å². The fourth-order valence-electron chi connectivity index (χ4n) is 7.72. The molecule has 1 aliphatic rings. The van der Waals surface area contributed by atoms with Gasteiger partial charge in [-0.15, -0.1) is 0 Å². The zero-order valence-electron chi connectivity index (χ0n) is 29.6. The monoisotopic (exact) mass is 677 g/mol. The van der Waals surface area contributed by atoms with Crippen LogP contribution in [-0.2, 0) is 5.41 Å². The number of nitrogens with zero attached hydrogens (tertiary/aromatic N) is 3. The molecule has 3 heteroatoms. The smallest absolute Gasteiger partial charge is 0.195 e. The summed E-state index contributed by atoms with van der Waals surface area (Å²) >= 11 is 0. The fourth-order valence-corrected chi connectivity index (χ4v) is 7.72. The maximum atomic E-state index is 7.87. The molecule has 0 bridgehead atoms. The van der Waals surface area contributed by atoms with Gasteiger partial charge in [0.2, 0.25) is 0 Å². The van der Waals surface area contributed by atoms with Gasteiger partial charge in [-0.25, -0.2) is 14.8 Å². The second-order valence-corrected chi connectivity index (χ2v) is 14.1. The standard InChI is InChI=1S/C50H35N3/c1-50(2)43-28-27-40(31-42(43)48-44(50)21-12-22-45(48)51-3)38-18-10-17-37(29-38)39-19-11-20-41(30-39)47-32-46(35-15-8-5-9-16-35)52-49(53-47)36-25-23-34(24-26-36)33-13-6-4-7-14-33/h4-32H,1-2H3. The fraction of sp³-hybridized carbons (Fsp3) is 0.0600. The molecule has 0 radical (unpaired) electrons. The summed E-state index contributed by atoms with van der Waals surface area (Å²) in [5.41, 5.74) is 16.9. The largest absolute Gasteiger partial charge is 0.238 e. The third kappa shape index (κ3) is 5.81. The van der Waals surface area contributed by atoms with Gasteiger partial charge in [0.15, 0.2) is 11.5 Å². The number of fused-ring (bicyclic) bond motifs is 3. The molecule has 53 heavy (non-hydrogen) atoms. The van der Waals surface area contributed by atoms with Crippen LogP contribution in [0.1, 0.15) is 25.0 Å². The Morgan fingerprint density at radius 1 is 0.415 bits per heavy atom. The lowest BCUT2D eigenvalue weighted by Gasteiger charge is -2.21. The summed E-state index contributed by atoms with van der Waals surface area (Å²) in [6.07, 6.45) is 0. The Morgan fingerprint density at radius 2 is 0.906 bits per heavy atom. The molecular formula is C50H35N3. The molecule has 0 aliphatic heterocycles. The molecule has 0 unspecified atom stereocenters. The van der Waals surface area contributed by atoms with Gasteiger partial charge in [0, 0.05) is 22.1 Å². The van der Waals surface area contributed by atoms with Crippen molar-refractivity contribution in [2.45, 2.75) is 19.3 Å². The van der Waals surface area contributed by atoms with E-state index in [2.05, 4.69) is 158 Å². The Morgan fingerprint density at radius 3 is 1.57 bits per heavy atom. The Hall–Kier alpha value is -6.89. The van der Waals surface area contributed by atoms with Gasteiger partial charge in [-0.1, -0.05) is 166 Å². The highest BCUT2D eigenvalue weighted by atomic mass is 14.9. The van der Waals surface area contributed by atoms with E-state index in [1.54, 1.807) is 0 Å². The molecule has 1 aromatic heterocycles. The van der Waals surface area contributed by atoms with Crippen molar-refractivity contribution in [3.05, 3.63) is 198 Å². The van der Waals surface area contributed by atoms with Crippen molar-refractivity contribution in [2.75, 3.05) is 0 Å². The van der Waals surface area contributed by atoms with E-state index >= 15 is 0 Å². The topological polar surface area (TPSA) is 30.1 Å². The van der Waals surface area contributed by atoms with Crippen LogP contribution in [0.3, 0.4) is 0 Å². The summed E-state index contributed by atoms with van der Waals surface area (Å²) in [6.45, 7) is 12.4. The highest BCUT2D eigenvalue weighted by molar-refractivity contribution is 5.92. The summed E-state index contributed by atoms with van der Waals surface area (Å²) in [7, 11) is 0. The highest BCUT2D eigenvalue weighted by Gasteiger charge is 2.36. The third-order valence-electron chi connectivity index (χ3n) is 10.5. The Kier molecular flexibility index (Phi) is 7.87. The number of hydrogen-bond donors (Lipinski definition) is 0. The summed E-state index contributed by atoms with van der Waals surface area (Å²) in [6, 6.07) is 61.5. The molecule has 8 aromatic rings.